The molecule has 128 valence electrons. The molecule has 0 fully saturated rings. The van der Waals surface area contributed by atoms with Crippen molar-refractivity contribution in [3.63, 3.8) is 0 Å². The minimum Gasteiger partial charge on any atom is -0.497 e. The average molecular weight is 340 g/mol. The van der Waals surface area contributed by atoms with E-state index in [1.54, 1.807) is 24.3 Å². The van der Waals surface area contributed by atoms with Crippen molar-refractivity contribution in [2.24, 2.45) is 0 Å². The van der Waals surface area contributed by atoms with E-state index < -0.39 is 11.5 Å². The van der Waals surface area contributed by atoms with Gasteiger partial charge in [-0.2, -0.15) is 0 Å². The molecule has 0 spiro atoms. The number of hydrogen-bond acceptors (Lipinski definition) is 5. The summed E-state index contributed by atoms with van der Waals surface area (Å²) in [7, 11) is 1.52. The molecule has 1 amide bonds. The maximum absolute atomic E-state index is 12.0. The Labute approximate surface area is 141 Å². The Kier molecular flexibility index (Phi) is 10.4. The van der Waals surface area contributed by atoms with Crippen molar-refractivity contribution in [2.75, 3.05) is 7.11 Å². The Balaban J connectivity index is 0.00000112. The van der Waals surface area contributed by atoms with Crippen molar-refractivity contribution >= 4 is 23.6 Å². The molecular formula is C16H24N2O4S. The van der Waals surface area contributed by atoms with Crippen molar-refractivity contribution in [1.29, 1.82) is 0 Å². The first-order valence-electron chi connectivity index (χ1n) is 7.40. The first-order valence-corrected chi connectivity index (χ1v) is 8.35. The first-order chi connectivity index (χ1) is 11.1. The largest absolute Gasteiger partial charge is 0.497 e. The van der Waals surface area contributed by atoms with E-state index in [2.05, 4.69) is 10.6 Å². The molecule has 6 nitrogen and oxygen atoms in total. The van der Waals surface area contributed by atoms with Gasteiger partial charge in [0, 0.05) is 11.0 Å². The molecule has 7 heteroatoms. The van der Waals surface area contributed by atoms with Gasteiger partial charge in [-0.05, 0) is 18.2 Å². The van der Waals surface area contributed by atoms with Crippen LogP contribution < -0.4 is 15.4 Å². The van der Waals surface area contributed by atoms with Gasteiger partial charge in [0.15, 0.2) is 5.50 Å². The molecule has 1 aromatic carbocycles. The monoisotopic (exact) mass is 340 g/mol. The quantitative estimate of drug-likeness (QED) is 0.781. The van der Waals surface area contributed by atoms with Crippen LogP contribution in [0, 0.1) is 0 Å². The van der Waals surface area contributed by atoms with Crippen molar-refractivity contribution in [3.8, 4) is 5.75 Å². The predicted octanol–water partition coefficient (Wildman–Crippen LogP) is 3.02. The molecule has 0 aliphatic carbocycles. The fourth-order valence-corrected chi connectivity index (χ4v) is 2.31. The van der Waals surface area contributed by atoms with Gasteiger partial charge in [0.2, 0.25) is 0 Å². The molecule has 0 aromatic heterocycles. The number of thioether (sulfide) groups is 1. The maximum atomic E-state index is 12.0. The van der Waals surface area contributed by atoms with Crippen LogP contribution in [-0.4, -0.2) is 29.6 Å². The molecule has 1 unspecified atom stereocenters. The predicted molar refractivity (Wildman–Crippen MR) is 93.4 cm³/mol. The summed E-state index contributed by atoms with van der Waals surface area (Å²) in [6, 6.07) is 6.72. The number of carboxylic acid groups (broad SMARTS) is 1. The van der Waals surface area contributed by atoms with Gasteiger partial charge < -0.3 is 20.5 Å². The van der Waals surface area contributed by atoms with Crippen LogP contribution in [-0.2, 0) is 4.79 Å². The summed E-state index contributed by atoms with van der Waals surface area (Å²) in [4.78, 5) is 22.7. The summed E-state index contributed by atoms with van der Waals surface area (Å²) in [6.07, 6.45) is 0. The summed E-state index contributed by atoms with van der Waals surface area (Å²) in [5.41, 5.74) is 0.0382. The summed E-state index contributed by atoms with van der Waals surface area (Å²) in [6.45, 7) is 8.00. The van der Waals surface area contributed by atoms with Crippen molar-refractivity contribution in [1.82, 2.24) is 10.6 Å². The zero-order valence-corrected chi connectivity index (χ0v) is 14.9. The van der Waals surface area contributed by atoms with Crippen molar-refractivity contribution in [2.45, 2.75) is 33.2 Å². The lowest BCUT2D eigenvalue weighted by molar-refractivity contribution is -0.133. The standard InChI is InChI=1S/C12H12N2O4S.2C2H6/c1-18-8-4-2-3-7(5-8)10(15)14-12-13-9(6-19-12)11(16)17;2*1-2/h2-6,12-13H,1H3,(H,14,15)(H,16,17);2*1-2H3. The van der Waals surface area contributed by atoms with E-state index in [9.17, 15) is 9.59 Å². The van der Waals surface area contributed by atoms with Crippen LogP contribution in [0.1, 0.15) is 38.1 Å². The van der Waals surface area contributed by atoms with E-state index in [0.717, 1.165) is 0 Å². The number of rotatable bonds is 4. The highest BCUT2D eigenvalue weighted by atomic mass is 32.2. The van der Waals surface area contributed by atoms with Crippen LogP contribution >= 0.6 is 11.8 Å². The van der Waals surface area contributed by atoms with Gasteiger partial charge in [-0.1, -0.05) is 45.5 Å². The van der Waals surface area contributed by atoms with Gasteiger partial charge in [0.25, 0.3) is 5.91 Å². The number of aliphatic carboxylic acids is 1. The zero-order valence-electron chi connectivity index (χ0n) is 14.0. The molecule has 1 heterocycles. The zero-order chi connectivity index (χ0) is 17.8. The molecule has 0 bridgehead atoms. The fraction of sp³-hybridized carbons (Fsp3) is 0.375. The summed E-state index contributed by atoms with van der Waals surface area (Å²) >= 11 is 1.19. The SMILES string of the molecule is CC.CC.COc1cccc(C(=O)NC2NC(C(=O)O)=CS2)c1. The number of benzene rings is 1. The Morgan fingerprint density at radius 2 is 1.91 bits per heavy atom. The Hall–Kier alpha value is -2.15. The van der Waals surface area contributed by atoms with Gasteiger partial charge in [0.05, 0.1) is 7.11 Å². The minimum atomic E-state index is -1.05. The number of carboxylic acids is 1. The molecule has 1 aromatic rings. The number of methoxy groups -OCH3 is 1. The molecule has 2 rings (SSSR count). The molecule has 1 atom stereocenters. The molecule has 0 saturated heterocycles. The summed E-state index contributed by atoms with van der Waals surface area (Å²) in [5.74, 6) is -0.765. The van der Waals surface area contributed by atoms with E-state index in [-0.39, 0.29) is 11.6 Å². The van der Waals surface area contributed by atoms with E-state index in [1.165, 1.54) is 24.3 Å². The average Bonchev–Trinajstić information content (AvgIpc) is 3.07. The molecule has 1 aliphatic rings. The minimum absolute atomic E-state index is 0.0703. The summed E-state index contributed by atoms with van der Waals surface area (Å²) in [5, 5.41) is 15.6. The highest BCUT2D eigenvalue weighted by Gasteiger charge is 2.22. The van der Waals surface area contributed by atoms with Crippen LogP contribution in [0.5, 0.6) is 5.75 Å². The molecule has 0 saturated carbocycles. The van der Waals surface area contributed by atoms with E-state index >= 15 is 0 Å². The van der Waals surface area contributed by atoms with Crippen molar-refractivity contribution < 1.29 is 19.4 Å². The van der Waals surface area contributed by atoms with Crippen LogP contribution in [0.2, 0.25) is 0 Å². The topological polar surface area (TPSA) is 87.7 Å². The van der Waals surface area contributed by atoms with E-state index in [1.807, 2.05) is 27.7 Å². The van der Waals surface area contributed by atoms with Gasteiger partial charge in [-0.3, -0.25) is 4.79 Å². The Morgan fingerprint density at radius 3 is 2.43 bits per heavy atom. The molecule has 23 heavy (non-hydrogen) atoms. The van der Waals surface area contributed by atoms with Gasteiger partial charge >= 0.3 is 5.97 Å². The lowest BCUT2D eigenvalue weighted by Gasteiger charge is -2.13. The molecule has 1 aliphatic heterocycles. The van der Waals surface area contributed by atoms with Gasteiger partial charge in [-0.25, -0.2) is 4.79 Å². The van der Waals surface area contributed by atoms with Crippen LogP contribution in [0.3, 0.4) is 0 Å². The molecule has 0 radical (unpaired) electrons. The third-order valence-electron chi connectivity index (χ3n) is 2.43. The highest BCUT2D eigenvalue weighted by molar-refractivity contribution is 8.03. The van der Waals surface area contributed by atoms with E-state index in [4.69, 9.17) is 9.84 Å². The fourth-order valence-electron chi connectivity index (χ4n) is 1.49. The number of amides is 1. The van der Waals surface area contributed by atoms with Gasteiger partial charge in [-0.15, -0.1) is 0 Å². The van der Waals surface area contributed by atoms with Gasteiger partial charge in [0.1, 0.15) is 11.4 Å². The van der Waals surface area contributed by atoms with E-state index in [0.29, 0.717) is 11.3 Å². The van der Waals surface area contributed by atoms with Crippen LogP contribution in [0.15, 0.2) is 35.4 Å². The number of carbonyl (C=O) groups excluding carboxylic acids is 1. The second-order valence-electron chi connectivity index (χ2n) is 3.70. The number of hydrogen-bond donors (Lipinski definition) is 3. The number of carbonyl (C=O) groups is 2. The summed E-state index contributed by atoms with van der Waals surface area (Å²) < 4.78 is 5.03. The Morgan fingerprint density at radius 1 is 1.26 bits per heavy atom. The van der Waals surface area contributed by atoms with Crippen LogP contribution in [0.25, 0.3) is 0 Å². The third-order valence-corrected chi connectivity index (χ3v) is 3.31. The smallest absolute Gasteiger partial charge is 0.352 e. The highest BCUT2D eigenvalue weighted by Crippen LogP contribution is 2.19. The lowest BCUT2D eigenvalue weighted by atomic mass is 10.2. The molecule has 3 N–H and O–H groups in total. The first kappa shape index (κ1) is 20.9. The lowest BCUT2D eigenvalue weighted by Crippen LogP contribution is -2.40. The van der Waals surface area contributed by atoms with Crippen LogP contribution in [0.4, 0.5) is 0 Å². The number of nitrogens with one attached hydrogen (secondary N) is 2. The maximum Gasteiger partial charge on any atom is 0.352 e. The normalized spacial score (nSPS) is 14.8. The number of ether oxygens (including phenoxy) is 1. The molecular weight excluding hydrogens is 316 g/mol. The third kappa shape index (κ3) is 6.65. The van der Waals surface area contributed by atoms with Crippen molar-refractivity contribution in [3.05, 3.63) is 40.9 Å². The Bertz CT molecular complexity index is 547. The second-order valence-corrected chi connectivity index (χ2v) is 4.68. The second kappa shape index (κ2) is 11.4.